The van der Waals surface area contributed by atoms with Gasteiger partial charge in [-0.05, 0) is 25.9 Å². The van der Waals surface area contributed by atoms with Crippen molar-refractivity contribution in [2.45, 2.75) is 43.5 Å². The maximum atomic E-state index is 11.8. The van der Waals surface area contributed by atoms with E-state index in [9.17, 15) is 4.79 Å². The quantitative estimate of drug-likeness (QED) is 0.762. The van der Waals surface area contributed by atoms with Crippen LogP contribution in [0.1, 0.15) is 25.7 Å². The van der Waals surface area contributed by atoms with E-state index in [1.54, 1.807) is 4.90 Å². The number of rotatable bonds is 2. The van der Waals surface area contributed by atoms with E-state index in [-0.39, 0.29) is 23.7 Å². The lowest BCUT2D eigenvalue weighted by Crippen LogP contribution is -2.41. The van der Waals surface area contributed by atoms with E-state index in [4.69, 9.17) is 9.47 Å². The number of hydrogen-bond donors (Lipinski definition) is 1. The van der Waals surface area contributed by atoms with Gasteiger partial charge in [0, 0.05) is 26.4 Å². The van der Waals surface area contributed by atoms with Gasteiger partial charge in [-0.25, -0.2) is 0 Å². The van der Waals surface area contributed by atoms with Crippen LogP contribution in [0.3, 0.4) is 0 Å². The van der Waals surface area contributed by atoms with Gasteiger partial charge in [-0.1, -0.05) is 0 Å². The molecule has 1 amide bonds. The van der Waals surface area contributed by atoms with Gasteiger partial charge in [0.05, 0.1) is 18.3 Å². The Bertz CT molecular complexity index is 328. The Kier molecular flexibility index (Phi) is 3.30. The smallest absolute Gasteiger partial charge is 0.251 e. The summed E-state index contributed by atoms with van der Waals surface area (Å²) in [6.45, 7) is 3.51. The molecule has 0 bridgehead atoms. The van der Waals surface area contributed by atoms with Crippen molar-refractivity contribution in [2.24, 2.45) is 0 Å². The molecular weight excluding hydrogens is 232 g/mol. The van der Waals surface area contributed by atoms with Crippen LogP contribution < -0.4 is 5.32 Å². The van der Waals surface area contributed by atoms with Gasteiger partial charge in [0.25, 0.3) is 5.91 Å². The molecule has 1 spiro atoms. The molecule has 0 aromatic heterocycles. The molecule has 3 aliphatic heterocycles. The number of likely N-dealkylation sites (tertiary alicyclic amines) is 1. The molecule has 18 heavy (non-hydrogen) atoms. The van der Waals surface area contributed by atoms with Gasteiger partial charge in [0.2, 0.25) is 0 Å². The molecule has 2 unspecified atom stereocenters. The molecule has 3 heterocycles. The number of likely N-dealkylation sites (N-methyl/N-ethyl adjacent to an activating group) is 1. The normalized spacial score (nSPS) is 35.6. The molecule has 3 saturated heterocycles. The Morgan fingerprint density at radius 2 is 2.22 bits per heavy atom. The Balaban J connectivity index is 1.54. The zero-order valence-corrected chi connectivity index (χ0v) is 11.0. The van der Waals surface area contributed by atoms with E-state index in [0.717, 1.165) is 45.3 Å². The SMILES string of the molecule is CN1CCC(OC2COC3(CCNCC3)C2)C1=O. The lowest BCUT2D eigenvalue weighted by atomic mass is 9.89. The lowest BCUT2D eigenvalue weighted by molar-refractivity contribution is -0.139. The minimum atomic E-state index is -0.236. The summed E-state index contributed by atoms with van der Waals surface area (Å²) in [5.41, 5.74) is 0.0173. The van der Waals surface area contributed by atoms with Crippen LogP contribution in [0.2, 0.25) is 0 Å². The molecule has 0 aliphatic carbocycles. The van der Waals surface area contributed by atoms with Crippen molar-refractivity contribution < 1.29 is 14.3 Å². The van der Waals surface area contributed by atoms with Crippen molar-refractivity contribution in [3.05, 3.63) is 0 Å². The first-order valence-electron chi connectivity index (χ1n) is 6.94. The summed E-state index contributed by atoms with van der Waals surface area (Å²) in [6.07, 6.45) is 3.75. The van der Waals surface area contributed by atoms with Crippen molar-refractivity contribution in [3.8, 4) is 0 Å². The third kappa shape index (κ3) is 2.27. The van der Waals surface area contributed by atoms with Crippen LogP contribution in [-0.4, -0.2) is 61.9 Å². The summed E-state index contributed by atoms with van der Waals surface area (Å²) in [5, 5.41) is 3.36. The Morgan fingerprint density at radius 3 is 2.89 bits per heavy atom. The maximum Gasteiger partial charge on any atom is 0.251 e. The van der Waals surface area contributed by atoms with E-state index in [1.807, 2.05) is 7.05 Å². The van der Waals surface area contributed by atoms with Gasteiger partial charge in [-0.15, -0.1) is 0 Å². The number of carbonyl (C=O) groups is 1. The average Bonchev–Trinajstić information content (AvgIpc) is 2.90. The monoisotopic (exact) mass is 254 g/mol. The van der Waals surface area contributed by atoms with Gasteiger partial charge in [0.15, 0.2) is 0 Å². The van der Waals surface area contributed by atoms with Crippen LogP contribution in [0, 0.1) is 0 Å². The first-order chi connectivity index (χ1) is 8.69. The summed E-state index contributed by atoms with van der Waals surface area (Å²) in [5.74, 6) is 0.126. The Hall–Kier alpha value is -0.650. The average molecular weight is 254 g/mol. The Labute approximate surface area is 108 Å². The van der Waals surface area contributed by atoms with E-state index < -0.39 is 0 Å². The highest BCUT2D eigenvalue weighted by molar-refractivity contribution is 5.82. The molecular formula is C13H22N2O3. The third-order valence-electron chi connectivity index (χ3n) is 4.42. The van der Waals surface area contributed by atoms with Gasteiger partial charge < -0.3 is 19.7 Å². The van der Waals surface area contributed by atoms with Crippen LogP contribution >= 0.6 is 0 Å². The van der Waals surface area contributed by atoms with Gasteiger partial charge in [-0.3, -0.25) is 4.79 Å². The van der Waals surface area contributed by atoms with Crippen LogP contribution in [-0.2, 0) is 14.3 Å². The van der Waals surface area contributed by atoms with Crippen LogP contribution in [0.5, 0.6) is 0 Å². The van der Waals surface area contributed by atoms with Crippen LogP contribution in [0.15, 0.2) is 0 Å². The molecule has 3 rings (SSSR count). The number of carbonyl (C=O) groups excluding carboxylic acids is 1. The zero-order valence-electron chi connectivity index (χ0n) is 11.0. The van der Waals surface area contributed by atoms with Gasteiger partial charge in [0.1, 0.15) is 6.10 Å². The summed E-state index contributed by atoms with van der Waals surface area (Å²) < 4.78 is 11.9. The molecule has 0 aromatic rings. The summed E-state index contributed by atoms with van der Waals surface area (Å²) in [4.78, 5) is 13.6. The van der Waals surface area contributed by atoms with E-state index in [1.165, 1.54) is 0 Å². The molecule has 1 N–H and O–H groups in total. The lowest BCUT2D eigenvalue weighted by Gasteiger charge is -2.32. The molecule has 2 atom stereocenters. The number of piperidine rings is 1. The largest absolute Gasteiger partial charge is 0.372 e. The van der Waals surface area contributed by atoms with Crippen molar-refractivity contribution in [3.63, 3.8) is 0 Å². The fourth-order valence-corrected chi connectivity index (χ4v) is 3.27. The number of amides is 1. The highest BCUT2D eigenvalue weighted by Crippen LogP contribution is 2.36. The maximum absolute atomic E-state index is 11.8. The predicted molar refractivity (Wildman–Crippen MR) is 66.3 cm³/mol. The topological polar surface area (TPSA) is 50.8 Å². The molecule has 3 fully saturated rings. The van der Waals surface area contributed by atoms with Crippen LogP contribution in [0.25, 0.3) is 0 Å². The fourth-order valence-electron chi connectivity index (χ4n) is 3.27. The first-order valence-corrected chi connectivity index (χ1v) is 6.94. The zero-order chi connectivity index (χ0) is 12.6. The summed E-state index contributed by atoms with van der Waals surface area (Å²) in [6, 6.07) is 0. The summed E-state index contributed by atoms with van der Waals surface area (Å²) in [7, 11) is 1.84. The minimum absolute atomic E-state index is 0.0173. The predicted octanol–water partition coefficient (Wildman–Crippen LogP) is 0.145. The van der Waals surface area contributed by atoms with E-state index in [2.05, 4.69) is 5.32 Å². The highest BCUT2D eigenvalue weighted by Gasteiger charge is 2.43. The highest BCUT2D eigenvalue weighted by atomic mass is 16.6. The standard InChI is InChI=1S/C13H22N2O3/c1-15-7-2-11(12(15)16)18-10-8-13(17-9-10)3-5-14-6-4-13/h10-11,14H,2-9H2,1H3. The first kappa shape index (κ1) is 12.4. The minimum Gasteiger partial charge on any atom is -0.372 e. The fraction of sp³-hybridized carbons (Fsp3) is 0.923. The molecule has 5 nitrogen and oxygen atoms in total. The molecule has 3 aliphatic rings. The van der Waals surface area contributed by atoms with Crippen LogP contribution in [0.4, 0.5) is 0 Å². The second-order valence-electron chi connectivity index (χ2n) is 5.74. The summed E-state index contributed by atoms with van der Waals surface area (Å²) >= 11 is 0. The molecule has 102 valence electrons. The van der Waals surface area contributed by atoms with Crippen molar-refractivity contribution in [1.29, 1.82) is 0 Å². The molecule has 0 aromatic carbocycles. The second-order valence-corrected chi connectivity index (χ2v) is 5.74. The number of nitrogens with one attached hydrogen (secondary N) is 1. The van der Waals surface area contributed by atoms with E-state index in [0.29, 0.717) is 6.61 Å². The van der Waals surface area contributed by atoms with E-state index >= 15 is 0 Å². The molecule has 5 heteroatoms. The number of ether oxygens (including phenoxy) is 2. The van der Waals surface area contributed by atoms with Crippen molar-refractivity contribution in [1.82, 2.24) is 10.2 Å². The number of nitrogens with zero attached hydrogens (tertiary/aromatic N) is 1. The molecule has 0 saturated carbocycles. The van der Waals surface area contributed by atoms with Crippen molar-refractivity contribution >= 4 is 5.91 Å². The van der Waals surface area contributed by atoms with Crippen molar-refractivity contribution in [2.75, 3.05) is 33.3 Å². The Morgan fingerprint density at radius 1 is 1.44 bits per heavy atom. The second kappa shape index (κ2) is 4.79. The number of hydrogen-bond acceptors (Lipinski definition) is 4. The van der Waals surface area contributed by atoms with Gasteiger partial charge >= 0.3 is 0 Å². The third-order valence-corrected chi connectivity index (χ3v) is 4.42. The van der Waals surface area contributed by atoms with Gasteiger partial charge in [-0.2, -0.15) is 0 Å². The molecule has 0 radical (unpaired) electrons.